The van der Waals surface area contributed by atoms with E-state index in [0.29, 0.717) is 42.3 Å². The van der Waals surface area contributed by atoms with Gasteiger partial charge in [0.25, 0.3) is 0 Å². The second-order valence-electron chi connectivity index (χ2n) is 7.76. The third-order valence-corrected chi connectivity index (χ3v) is 5.52. The van der Waals surface area contributed by atoms with Gasteiger partial charge in [-0.1, -0.05) is 66.7 Å². The standard InChI is InChI=1S/C26H23N6O/c27-15-19-11-13-22(14-12-19)32-25-23(30-26(32)33)24(28-18-29-25)31(16-20-7-3-1-4-8-20)17-21-9-5-2-6-10-21/h1-11,13-14,18H,15-17,27H2,(H,30,33). The van der Waals surface area contributed by atoms with Crippen molar-refractivity contribution >= 4 is 17.0 Å². The summed E-state index contributed by atoms with van der Waals surface area (Å²) in [5, 5.41) is 0. The van der Waals surface area contributed by atoms with E-state index in [2.05, 4.69) is 50.2 Å². The monoisotopic (exact) mass is 435 g/mol. The Bertz CT molecular complexity index is 1370. The van der Waals surface area contributed by atoms with Gasteiger partial charge in [-0.15, -0.1) is 0 Å². The lowest BCUT2D eigenvalue weighted by Crippen LogP contribution is -2.23. The van der Waals surface area contributed by atoms with Crippen molar-refractivity contribution in [3.63, 3.8) is 0 Å². The number of H-pyrrole nitrogens is 1. The number of aromatic nitrogens is 4. The van der Waals surface area contributed by atoms with Gasteiger partial charge in [-0.25, -0.2) is 19.3 Å². The van der Waals surface area contributed by atoms with Gasteiger partial charge < -0.3 is 15.6 Å². The molecule has 0 aliphatic heterocycles. The van der Waals surface area contributed by atoms with Crippen molar-refractivity contribution in [2.24, 2.45) is 5.73 Å². The molecule has 3 aromatic carbocycles. The van der Waals surface area contributed by atoms with Crippen LogP contribution in [0.15, 0.2) is 90.0 Å². The van der Waals surface area contributed by atoms with E-state index in [1.54, 1.807) is 10.6 Å². The van der Waals surface area contributed by atoms with Crippen LogP contribution in [0.5, 0.6) is 0 Å². The van der Waals surface area contributed by atoms with Crippen LogP contribution in [0.2, 0.25) is 0 Å². The van der Waals surface area contributed by atoms with Crippen LogP contribution in [0.3, 0.4) is 0 Å². The zero-order valence-corrected chi connectivity index (χ0v) is 18.0. The Balaban J connectivity index is 1.61. The number of nitrogens with two attached hydrogens (primary N) is 1. The summed E-state index contributed by atoms with van der Waals surface area (Å²) in [6, 6.07) is 29.0. The van der Waals surface area contributed by atoms with Gasteiger partial charge in [0.15, 0.2) is 11.5 Å². The molecule has 0 saturated heterocycles. The summed E-state index contributed by atoms with van der Waals surface area (Å²) in [6.07, 6.45) is 1.50. The quantitative estimate of drug-likeness (QED) is 0.408. The van der Waals surface area contributed by atoms with Crippen LogP contribution in [-0.2, 0) is 19.6 Å². The van der Waals surface area contributed by atoms with Crippen LogP contribution in [-0.4, -0.2) is 19.5 Å². The SMILES string of the molecule is NCc1[c]cc(-n2c(=O)[nH]c3c(N(Cc4ccccc4)Cc4ccccc4)ncnc32)cc1. The Morgan fingerprint density at radius 3 is 2.15 bits per heavy atom. The summed E-state index contributed by atoms with van der Waals surface area (Å²) >= 11 is 0. The minimum absolute atomic E-state index is 0.278. The molecule has 0 spiro atoms. The van der Waals surface area contributed by atoms with E-state index in [1.165, 1.54) is 6.33 Å². The van der Waals surface area contributed by atoms with Crippen molar-refractivity contribution in [3.8, 4) is 5.69 Å². The lowest BCUT2D eigenvalue weighted by atomic mass is 10.1. The lowest BCUT2D eigenvalue weighted by Gasteiger charge is -2.24. The first kappa shape index (κ1) is 20.7. The summed E-state index contributed by atoms with van der Waals surface area (Å²) in [7, 11) is 0. The molecule has 3 N–H and O–H groups in total. The van der Waals surface area contributed by atoms with Gasteiger partial charge >= 0.3 is 5.69 Å². The Kier molecular flexibility index (Phi) is 5.70. The lowest BCUT2D eigenvalue weighted by molar-refractivity contribution is 0.785. The highest BCUT2D eigenvalue weighted by Crippen LogP contribution is 2.25. The maximum absolute atomic E-state index is 13.0. The fourth-order valence-corrected chi connectivity index (χ4v) is 3.92. The van der Waals surface area contributed by atoms with Gasteiger partial charge in [0.2, 0.25) is 0 Å². The highest BCUT2D eigenvalue weighted by atomic mass is 16.1. The van der Waals surface area contributed by atoms with E-state index in [0.717, 1.165) is 16.7 Å². The predicted octanol–water partition coefficient (Wildman–Crippen LogP) is 3.57. The van der Waals surface area contributed by atoms with E-state index in [1.807, 2.05) is 48.5 Å². The fourth-order valence-electron chi connectivity index (χ4n) is 3.92. The Hall–Kier alpha value is -4.23. The smallest absolute Gasteiger partial charge is 0.332 e. The molecule has 2 aromatic heterocycles. The maximum Gasteiger partial charge on any atom is 0.332 e. The molecule has 1 radical (unpaired) electrons. The second kappa shape index (κ2) is 9.10. The predicted molar refractivity (Wildman–Crippen MR) is 129 cm³/mol. The summed E-state index contributed by atoms with van der Waals surface area (Å²) < 4.78 is 1.54. The molecule has 0 atom stereocenters. The minimum atomic E-state index is -0.278. The molecule has 5 aromatic rings. The fraction of sp³-hybridized carbons (Fsp3) is 0.115. The number of nitrogens with zero attached hydrogens (tertiary/aromatic N) is 4. The van der Waals surface area contributed by atoms with Gasteiger partial charge in [-0.2, -0.15) is 0 Å². The zero-order chi connectivity index (χ0) is 22.6. The average molecular weight is 436 g/mol. The van der Waals surface area contributed by atoms with Crippen LogP contribution in [0.25, 0.3) is 16.9 Å². The largest absolute Gasteiger partial charge is 0.346 e. The van der Waals surface area contributed by atoms with Crippen molar-refractivity contribution in [2.75, 3.05) is 4.90 Å². The number of fused-ring (bicyclic) bond motifs is 1. The number of rotatable bonds is 7. The first-order valence-corrected chi connectivity index (χ1v) is 10.7. The highest BCUT2D eigenvalue weighted by molar-refractivity contribution is 5.84. The van der Waals surface area contributed by atoms with E-state index in [4.69, 9.17) is 5.73 Å². The van der Waals surface area contributed by atoms with Gasteiger partial charge in [-0.3, -0.25) is 0 Å². The van der Waals surface area contributed by atoms with Gasteiger partial charge in [0, 0.05) is 19.6 Å². The molecule has 0 aliphatic rings. The minimum Gasteiger partial charge on any atom is -0.346 e. The Morgan fingerprint density at radius 2 is 1.58 bits per heavy atom. The topological polar surface area (TPSA) is 92.8 Å². The summed E-state index contributed by atoms with van der Waals surface area (Å²) in [5.41, 5.74) is 10.4. The van der Waals surface area contributed by atoms with Crippen molar-refractivity contribution in [3.05, 3.63) is 118 Å². The number of anilines is 1. The molecule has 7 nitrogen and oxygen atoms in total. The number of benzene rings is 3. The molecular formula is C26H23N6O. The van der Waals surface area contributed by atoms with Crippen LogP contribution in [0.4, 0.5) is 5.82 Å². The highest BCUT2D eigenvalue weighted by Gasteiger charge is 2.19. The van der Waals surface area contributed by atoms with Gasteiger partial charge in [-0.05, 0) is 34.9 Å². The molecule has 0 fully saturated rings. The third kappa shape index (κ3) is 4.26. The number of nitrogens with one attached hydrogen (secondary N) is 1. The number of hydrogen-bond acceptors (Lipinski definition) is 5. The molecule has 163 valence electrons. The number of hydrogen-bond donors (Lipinski definition) is 2. The van der Waals surface area contributed by atoms with E-state index < -0.39 is 0 Å². The second-order valence-corrected chi connectivity index (χ2v) is 7.76. The van der Waals surface area contributed by atoms with Crippen molar-refractivity contribution in [1.29, 1.82) is 0 Å². The van der Waals surface area contributed by atoms with E-state index in [9.17, 15) is 4.79 Å². The molecule has 0 bridgehead atoms. The third-order valence-electron chi connectivity index (χ3n) is 5.52. The first-order chi connectivity index (χ1) is 16.2. The molecule has 0 aliphatic carbocycles. The van der Waals surface area contributed by atoms with E-state index >= 15 is 0 Å². The van der Waals surface area contributed by atoms with E-state index in [-0.39, 0.29) is 5.69 Å². The molecule has 0 saturated carbocycles. The molecule has 7 heteroatoms. The van der Waals surface area contributed by atoms with Crippen LogP contribution in [0, 0.1) is 6.07 Å². The Labute approximate surface area is 191 Å². The molecule has 0 unspecified atom stereocenters. The first-order valence-electron chi connectivity index (χ1n) is 10.7. The normalized spacial score (nSPS) is 11.1. The average Bonchev–Trinajstić information content (AvgIpc) is 3.21. The van der Waals surface area contributed by atoms with Crippen LogP contribution < -0.4 is 16.3 Å². The van der Waals surface area contributed by atoms with Crippen LogP contribution >= 0.6 is 0 Å². The summed E-state index contributed by atoms with van der Waals surface area (Å²) in [5.74, 6) is 0.672. The molecule has 5 rings (SSSR count). The molecular weight excluding hydrogens is 412 g/mol. The Morgan fingerprint density at radius 1 is 0.909 bits per heavy atom. The summed E-state index contributed by atoms with van der Waals surface area (Å²) in [6.45, 7) is 1.66. The van der Waals surface area contributed by atoms with Crippen molar-refractivity contribution in [1.82, 2.24) is 19.5 Å². The molecule has 0 amide bonds. The van der Waals surface area contributed by atoms with Crippen LogP contribution in [0.1, 0.15) is 16.7 Å². The van der Waals surface area contributed by atoms with Gasteiger partial charge in [0.05, 0.1) is 5.69 Å². The number of imidazole rings is 1. The zero-order valence-electron chi connectivity index (χ0n) is 18.0. The molecule has 2 heterocycles. The molecule has 33 heavy (non-hydrogen) atoms. The maximum atomic E-state index is 13.0. The van der Waals surface area contributed by atoms with Crippen molar-refractivity contribution < 1.29 is 0 Å². The van der Waals surface area contributed by atoms with Crippen molar-refractivity contribution in [2.45, 2.75) is 19.6 Å². The summed E-state index contributed by atoms with van der Waals surface area (Å²) in [4.78, 5) is 27.1. The number of aromatic amines is 1. The van der Waals surface area contributed by atoms with Gasteiger partial charge in [0.1, 0.15) is 11.8 Å².